The van der Waals surface area contributed by atoms with Crippen LogP contribution in [0.15, 0.2) is 109 Å². The van der Waals surface area contributed by atoms with E-state index in [-0.39, 0.29) is 93.0 Å². The Labute approximate surface area is 418 Å². The van der Waals surface area contributed by atoms with Gasteiger partial charge in [-0.15, -0.1) is 23.2 Å². The van der Waals surface area contributed by atoms with Crippen LogP contribution in [0.3, 0.4) is 0 Å². The first-order valence-electron chi connectivity index (χ1n) is 22.2. The van der Waals surface area contributed by atoms with Crippen LogP contribution >= 0.6 is 23.2 Å². The van der Waals surface area contributed by atoms with Crippen LogP contribution in [-0.4, -0.2) is 92.0 Å². The van der Waals surface area contributed by atoms with Crippen LogP contribution in [0.25, 0.3) is 0 Å². The summed E-state index contributed by atoms with van der Waals surface area (Å²) in [6.07, 6.45) is 0.285. The summed E-state index contributed by atoms with van der Waals surface area (Å²) < 4.78 is 25.8. The predicted octanol–water partition coefficient (Wildman–Crippen LogP) is 8.18. The van der Waals surface area contributed by atoms with Crippen LogP contribution in [0, 0.1) is 0 Å². The van der Waals surface area contributed by atoms with Gasteiger partial charge in [-0.3, -0.25) is 28.8 Å². The van der Waals surface area contributed by atoms with Gasteiger partial charge in [-0.1, -0.05) is 36.4 Å². The summed E-state index contributed by atoms with van der Waals surface area (Å²) in [5.41, 5.74) is 6.49. The first-order valence-corrected chi connectivity index (χ1v) is 23.3. The van der Waals surface area contributed by atoms with Crippen LogP contribution in [0.4, 0.5) is 16.2 Å². The summed E-state index contributed by atoms with van der Waals surface area (Å²) >= 11 is 9.53. The summed E-state index contributed by atoms with van der Waals surface area (Å²) in [4.78, 5) is 82.8. The number of halogens is 2. The predicted molar refractivity (Wildman–Crippen MR) is 268 cm³/mol. The minimum atomic E-state index is -0.702. The van der Waals surface area contributed by atoms with Gasteiger partial charge >= 0.3 is 18.0 Å². The first kappa shape index (κ1) is 59.2. The second-order valence-electron chi connectivity index (χ2n) is 16.0. The molecule has 0 saturated heterocycles. The fraction of sp³-hybridized carbons (Fsp3) is 0.380. The molecule has 0 fully saturated rings. The lowest BCUT2D eigenvalue weighted by atomic mass is 10.1. The van der Waals surface area contributed by atoms with Crippen molar-refractivity contribution in [3.63, 3.8) is 0 Å². The number of alkyl carbamates (subject to hydrolysis) is 1. The van der Waals surface area contributed by atoms with E-state index in [1.807, 2.05) is 60.7 Å². The highest BCUT2D eigenvalue weighted by Gasteiger charge is 2.21. The third kappa shape index (κ3) is 28.4. The number of para-hydroxylation sites is 2. The number of hydrogen-bond donors (Lipinski definition) is 6. The molecule has 0 spiro atoms. The van der Waals surface area contributed by atoms with E-state index < -0.39 is 29.7 Å². The number of rotatable bonds is 23. The molecule has 18 nitrogen and oxygen atoms in total. The van der Waals surface area contributed by atoms with Crippen LogP contribution < -0.4 is 41.8 Å². The fourth-order valence-electron chi connectivity index (χ4n) is 5.63. The lowest BCUT2D eigenvalue weighted by molar-refractivity contribution is -0.142. The quantitative estimate of drug-likeness (QED) is 0.0233. The van der Waals surface area contributed by atoms with Crippen molar-refractivity contribution in [2.24, 2.45) is 5.73 Å². The van der Waals surface area contributed by atoms with E-state index in [4.69, 9.17) is 43.1 Å². The van der Waals surface area contributed by atoms with E-state index in [0.29, 0.717) is 35.0 Å². The van der Waals surface area contributed by atoms with E-state index in [2.05, 4.69) is 36.1 Å². The molecule has 0 aliphatic carbocycles. The molecule has 380 valence electrons. The van der Waals surface area contributed by atoms with E-state index in [1.165, 1.54) is 14.2 Å². The number of hydrogen-bond acceptors (Lipinski definition) is 13. The molecular formula is C50H64Cl2N6O12. The van der Waals surface area contributed by atoms with Gasteiger partial charge in [0.15, 0.2) is 0 Å². The number of esters is 2. The molecule has 2 unspecified atom stereocenters. The number of carbonyl (C=O) groups is 7. The largest absolute Gasteiger partial charge is 0.469 e. The third-order valence-electron chi connectivity index (χ3n) is 9.09. The summed E-state index contributed by atoms with van der Waals surface area (Å²) in [5, 5.41) is 13.8. The number of anilines is 2. The van der Waals surface area contributed by atoms with E-state index in [9.17, 15) is 33.6 Å². The topological polar surface area (TPSA) is 252 Å². The Hall–Kier alpha value is -6.89. The van der Waals surface area contributed by atoms with Crippen LogP contribution in [-0.2, 0) is 43.0 Å². The van der Waals surface area contributed by atoms with Gasteiger partial charge in [-0.05, 0) is 106 Å². The Morgan fingerprint density at radius 1 is 0.529 bits per heavy atom. The highest BCUT2D eigenvalue weighted by Crippen LogP contribution is 2.24. The van der Waals surface area contributed by atoms with Gasteiger partial charge in [-0.25, -0.2) is 4.79 Å². The molecule has 7 N–H and O–H groups in total. The normalized spacial score (nSPS) is 11.2. The number of benzene rings is 4. The Morgan fingerprint density at radius 2 is 0.914 bits per heavy atom. The zero-order chi connectivity index (χ0) is 51.7. The van der Waals surface area contributed by atoms with E-state index >= 15 is 0 Å². The van der Waals surface area contributed by atoms with Crippen LogP contribution in [0.2, 0.25) is 0 Å². The first-order chi connectivity index (χ1) is 33.4. The van der Waals surface area contributed by atoms with E-state index in [0.717, 1.165) is 5.75 Å². The van der Waals surface area contributed by atoms with Gasteiger partial charge in [0, 0.05) is 56.2 Å². The Bertz CT molecular complexity index is 2200. The summed E-state index contributed by atoms with van der Waals surface area (Å²) in [7, 11) is 2.52. The smallest absolute Gasteiger partial charge is 0.407 e. The minimum Gasteiger partial charge on any atom is -0.469 e. The zero-order valence-corrected chi connectivity index (χ0v) is 41.6. The van der Waals surface area contributed by atoms with Gasteiger partial charge < -0.3 is 56.0 Å². The molecule has 70 heavy (non-hydrogen) atoms. The molecule has 5 amide bonds. The zero-order valence-electron chi connectivity index (χ0n) is 40.1. The maximum absolute atomic E-state index is 12.5. The van der Waals surface area contributed by atoms with Crippen molar-refractivity contribution in [1.29, 1.82) is 0 Å². The third-order valence-corrected chi connectivity index (χ3v) is 9.09. The maximum atomic E-state index is 12.5. The fourth-order valence-corrected chi connectivity index (χ4v) is 5.63. The molecule has 2 atom stereocenters. The maximum Gasteiger partial charge on any atom is 0.407 e. The monoisotopic (exact) mass is 1010 g/mol. The van der Waals surface area contributed by atoms with Gasteiger partial charge in [0.05, 0.1) is 38.4 Å². The molecule has 0 aliphatic heterocycles. The van der Waals surface area contributed by atoms with Crippen molar-refractivity contribution in [2.75, 3.05) is 43.3 Å². The number of alkyl halides is 2. The van der Waals surface area contributed by atoms with Crippen LogP contribution in [0.1, 0.15) is 72.1 Å². The van der Waals surface area contributed by atoms with Crippen LogP contribution in [0.5, 0.6) is 23.0 Å². The van der Waals surface area contributed by atoms with Gasteiger partial charge in [0.25, 0.3) is 0 Å². The highest BCUT2D eigenvalue weighted by atomic mass is 35.5. The number of nitrogens with two attached hydrogens (primary N) is 1. The molecule has 4 rings (SSSR count). The molecule has 0 aliphatic rings. The molecule has 0 bridgehead atoms. The molecule has 0 aromatic heterocycles. The molecule has 0 heterocycles. The van der Waals surface area contributed by atoms with Crippen molar-refractivity contribution in [3.8, 4) is 23.0 Å². The highest BCUT2D eigenvalue weighted by molar-refractivity contribution is 6.40. The van der Waals surface area contributed by atoms with Crippen molar-refractivity contribution in [3.05, 3.63) is 109 Å². The number of ether oxygens (including phenoxy) is 5. The van der Waals surface area contributed by atoms with Gasteiger partial charge in [0.1, 0.15) is 28.6 Å². The van der Waals surface area contributed by atoms with Crippen molar-refractivity contribution >= 4 is 76.2 Å². The molecular weight excluding hydrogens is 947 g/mol. The Balaban J connectivity index is 0.000000463. The molecule has 0 radical (unpaired) electrons. The lowest BCUT2D eigenvalue weighted by Gasteiger charge is -2.24. The minimum absolute atomic E-state index is 0.0230. The standard InChI is InChI=1S/C27H35N3O7.C22H27N3O5.CH2Cl2/c1-27(2,3)37-26(34)30-20(18-28-23(31)16-17-25(33)35-4)12-15-24(32)29-19-10-13-22(14-11-19)36-21-8-6-5-7-9-21;1-29-22(28)14-13-20(26)24-15-16(23)7-12-21(27)25-17-8-10-19(11-9-17)30-18-5-3-2-4-6-18;2-1-3/h5-11,13-14,20H,12,15-18H2,1-4H3,(H,28,31)(H,29,32)(H,30,34);2-6,8-11,16H,7,12-15,23H2,1H3,(H,24,26)(H,25,27);1H2. The summed E-state index contributed by atoms with van der Waals surface area (Å²) in [6, 6.07) is 31.9. The van der Waals surface area contributed by atoms with E-state index in [1.54, 1.807) is 69.3 Å². The number of nitrogens with one attached hydrogen (secondary N) is 5. The number of methoxy groups -OCH3 is 2. The number of carbonyl (C=O) groups excluding carboxylic acids is 7. The molecule has 0 saturated carbocycles. The molecule has 20 heteroatoms. The summed E-state index contributed by atoms with van der Waals surface area (Å²) in [5.74, 6) is 0.741. The second kappa shape index (κ2) is 33.6. The van der Waals surface area contributed by atoms with Gasteiger partial charge in [0.2, 0.25) is 23.6 Å². The Kier molecular flexibility index (Phi) is 28.4. The Morgan fingerprint density at radius 3 is 1.31 bits per heavy atom. The van der Waals surface area contributed by atoms with Crippen molar-refractivity contribution in [2.45, 2.75) is 89.8 Å². The van der Waals surface area contributed by atoms with Crippen molar-refractivity contribution < 1.29 is 57.2 Å². The average molecular weight is 1010 g/mol. The lowest BCUT2D eigenvalue weighted by Crippen LogP contribution is -2.45. The SMILES string of the molecule is COC(=O)CCC(=O)NCC(CCC(=O)Nc1ccc(Oc2ccccc2)cc1)NC(=O)OC(C)(C)C.COC(=O)CCC(=O)NCC(N)CCC(=O)Nc1ccc(Oc2ccccc2)cc1.ClCCl. The van der Waals surface area contributed by atoms with Crippen molar-refractivity contribution in [1.82, 2.24) is 16.0 Å². The second-order valence-corrected chi connectivity index (χ2v) is 16.8. The number of amides is 5. The van der Waals surface area contributed by atoms with Gasteiger partial charge in [-0.2, -0.15) is 0 Å². The summed E-state index contributed by atoms with van der Waals surface area (Å²) in [6.45, 7) is 5.51. The molecule has 4 aromatic carbocycles. The molecule has 4 aromatic rings. The average Bonchev–Trinajstić information content (AvgIpc) is 3.33.